The molecule has 3 fully saturated rings. The van der Waals surface area contributed by atoms with E-state index in [1.54, 1.807) is 42.7 Å². The van der Waals surface area contributed by atoms with E-state index in [1.165, 1.54) is 7.11 Å². The molecule has 0 aromatic heterocycles. The average molecular weight is 1750 g/mol. The van der Waals surface area contributed by atoms with Crippen molar-refractivity contribution in [1.82, 2.24) is 15.1 Å². The molecular weight excluding hydrogens is 1610 g/mol. The van der Waals surface area contributed by atoms with Crippen LogP contribution in [0.15, 0.2) is 237 Å². The Morgan fingerprint density at radius 3 is 0.859 bits per heavy atom. The fourth-order valence-electron chi connectivity index (χ4n) is 17.4. The summed E-state index contributed by atoms with van der Waals surface area (Å²) >= 11 is 0. The van der Waals surface area contributed by atoms with E-state index < -0.39 is 29.0 Å². The number of hydrogen-bond donors (Lipinski definition) is 4. The summed E-state index contributed by atoms with van der Waals surface area (Å²) in [6.45, 7) is 2.38. The third-order valence-corrected chi connectivity index (χ3v) is 24.7. The maximum atomic E-state index is 13.6. The van der Waals surface area contributed by atoms with Crippen LogP contribution in [0.5, 0.6) is 34.5 Å². The van der Waals surface area contributed by atoms with Gasteiger partial charge < -0.3 is 88.1 Å². The Morgan fingerprint density at radius 2 is 0.594 bits per heavy atom. The van der Waals surface area contributed by atoms with Crippen molar-refractivity contribution in [3.8, 4) is 34.5 Å². The number of hydrogen-bond acceptors (Lipinski definition) is 19. The number of carbonyl (C=O) groups excluding carboxylic acids is 4. The molecule has 0 spiro atoms. The first-order valence-electron chi connectivity index (χ1n) is 45.3. The predicted molar refractivity (Wildman–Crippen MR) is 495 cm³/mol. The van der Waals surface area contributed by atoms with Crippen LogP contribution in [-0.2, 0) is 54.9 Å². The third-order valence-electron chi connectivity index (χ3n) is 24.7. The van der Waals surface area contributed by atoms with Gasteiger partial charge in [0.25, 0.3) is 0 Å². The molecule has 9 aromatic rings. The topological polar surface area (TPSA) is 270 Å². The first kappa shape index (κ1) is 104. The second-order valence-corrected chi connectivity index (χ2v) is 33.0. The molecule has 3 saturated heterocycles. The standard InChI is InChI=1S/C40H53NO7.C39H50NO6.C27H31NO4.Li.H2O/c1-45-36-25-19-32(20-26-36)40(31-15-11-10-12-16-31,33-21-27-37(46-2)28-22-33)48-30-34-23-24-35(42)29-41(34)38(43)17-13-8-6-4-5-7-9-14-18-39(44)47-3;1-44-36-24-18-32(19-25-36)39(31-15-11-10-12-16-31,33-20-26-37(45-2)27-21-33)46-30-34-22-23-35(42)29-40(34)38(43)17-13-8-6-4-3-5-7-9-14-28-41;1-30-25-14-8-21(9-15-25)27(20-6-4-3-5-7-20,22-10-16-26(31-2)17-11-22)32-19-23-12-13-24(29)18-28-23;;/h10-12,15-16,19-22,25-28,34-35,42H,4-9,13-14,17-18,23-24,29-30H2,1-3H3;10-12,15-16,18-21,24-27,34-35,42H,3-9,13-14,17,22-23,29-30H2,1-2H3;3-11,14-17,23-24,28-29H,12-13,18-19H2,1-2H3;;1H2/q;-1;;+1;/p-1/t2*34-,35-;23-,24-;;/m111../s1. The minimum Gasteiger partial charge on any atom is -0.870 e. The summed E-state index contributed by atoms with van der Waals surface area (Å²) in [6.07, 6.45) is 23.4. The maximum absolute atomic E-state index is 13.6. The van der Waals surface area contributed by atoms with Crippen molar-refractivity contribution < 1.29 is 106 Å². The largest absolute Gasteiger partial charge is 1.00 e. The van der Waals surface area contributed by atoms with E-state index in [0.29, 0.717) is 90.8 Å². The SMILES string of the molecule is COC(=O)CCCCCCCCCCC(=O)N1C[C@H](O)CC[C@@H]1COC(c1ccccc1)(c1ccc(OC)cc1)c1ccc(OC)cc1.COc1ccc(C(OC[C@H]2CC[C@@H](O)CN2)(c2ccccc2)c2ccc(OC)cc2)cc1.COc1ccc(C(OC[C@H]2CC[C@@H](O)CN2C(=O)CCCCCCCCCC[C-]=O)(c2ccccc2)c2ccc(OC)cc2)cc1.[Li+].[OH-]. The van der Waals surface area contributed by atoms with Crippen LogP contribution in [0.2, 0.25) is 0 Å². The van der Waals surface area contributed by atoms with Crippen molar-refractivity contribution in [1.29, 1.82) is 0 Å². The first-order chi connectivity index (χ1) is 61.6. The number of ether oxygens (including phenoxy) is 10. The maximum Gasteiger partial charge on any atom is 1.00 e. The zero-order valence-corrected chi connectivity index (χ0v) is 76.5. The van der Waals surface area contributed by atoms with E-state index in [-0.39, 0.29) is 66.3 Å². The van der Waals surface area contributed by atoms with Crippen LogP contribution in [0.25, 0.3) is 0 Å². The molecule has 9 aromatic carbocycles. The minimum atomic E-state index is -0.968. The fourth-order valence-corrected chi connectivity index (χ4v) is 17.4. The molecule has 12 rings (SSSR count). The van der Waals surface area contributed by atoms with Gasteiger partial charge in [0.05, 0.1) is 100.0 Å². The van der Waals surface area contributed by atoms with E-state index in [4.69, 9.17) is 47.4 Å². The van der Waals surface area contributed by atoms with E-state index in [2.05, 4.69) is 66.0 Å². The zero-order chi connectivity index (χ0) is 89.2. The van der Waals surface area contributed by atoms with Gasteiger partial charge in [-0.15, -0.1) is 0 Å². The van der Waals surface area contributed by atoms with Crippen LogP contribution in [0.4, 0.5) is 0 Å². The minimum absolute atomic E-state index is 0. The van der Waals surface area contributed by atoms with Gasteiger partial charge in [0.15, 0.2) is 0 Å². The van der Waals surface area contributed by atoms with Crippen molar-refractivity contribution in [3.63, 3.8) is 0 Å². The van der Waals surface area contributed by atoms with E-state index >= 15 is 0 Å². The molecule has 3 aliphatic rings. The number of aliphatic hydroxyl groups excluding tert-OH is 3. The van der Waals surface area contributed by atoms with Crippen LogP contribution in [0, 0.1) is 0 Å². The average Bonchev–Trinajstić information content (AvgIpc) is 0.758. The molecule has 0 radical (unpaired) electrons. The van der Waals surface area contributed by atoms with E-state index in [0.717, 1.165) is 200 Å². The molecule has 22 heteroatoms. The number of unbranched alkanes of at least 4 members (excludes halogenated alkanes) is 15. The normalized spacial score (nSPS) is 16.8. The van der Waals surface area contributed by atoms with Crippen LogP contribution >= 0.6 is 0 Å². The number of rotatable bonds is 46. The summed E-state index contributed by atoms with van der Waals surface area (Å²) in [7, 11) is 11.4. The molecule has 21 nitrogen and oxygen atoms in total. The molecular formula is C106H135LiN3O18-. The number of esters is 1. The number of benzene rings is 9. The van der Waals surface area contributed by atoms with Gasteiger partial charge in [-0.2, -0.15) is 6.42 Å². The molecule has 3 aliphatic heterocycles. The molecule has 0 saturated carbocycles. The summed E-state index contributed by atoms with van der Waals surface area (Å²) < 4.78 is 58.5. The van der Waals surface area contributed by atoms with Gasteiger partial charge in [0.1, 0.15) is 51.3 Å². The Labute approximate surface area is 771 Å². The van der Waals surface area contributed by atoms with Crippen LogP contribution in [0.3, 0.4) is 0 Å². The van der Waals surface area contributed by atoms with Gasteiger partial charge in [-0.3, -0.25) is 20.7 Å². The molecule has 128 heavy (non-hydrogen) atoms. The fraction of sp³-hybridized carbons (Fsp3) is 0.453. The molecule has 5 N–H and O–H groups in total. The Hall–Kier alpha value is -9.86. The summed E-state index contributed by atoms with van der Waals surface area (Å²) in [5.41, 5.74) is 6.06. The molecule has 0 unspecified atom stereocenters. The first-order valence-corrected chi connectivity index (χ1v) is 45.3. The number of methoxy groups -OCH3 is 7. The number of nitrogens with zero attached hydrogens (tertiary/aromatic N) is 2. The van der Waals surface area contributed by atoms with Gasteiger partial charge in [-0.25, -0.2) is 0 Å². The molecule has 3 heterocycles. The Bertz CT molecular complexity index is 4440. The number of aliphatic hydroxyl groups is 3. The zero-order valence-electron chi connectivity index (χ0n) is 76.5. The predicted octanol–water partition coefficient (Wildman–Crippen LogP) is 15.8. The van der Waals surface area contributed by atoms with Gasteiger partial charge >= 0.3 is 24.8 Å². The summed E-state index contributed by atoms with van der Waals surface area (Å²) in [4.78, 5) is 52.5. The van der Waals surface area contributed by atoms with Crippen molar-refractivity contribution >= 4 is 24.1 Å². The van der Waals surface area contributed by atoms with Crippen molar-refractivity contribution in [3.05, 3.63) is 287 Å². The van der Waals surface area contributed by atoms with Gasteiger partial charge in [-0.05, 0) is 181 Å². The van der Waals surface area contributed by atoms with Crippen molar-refractivity contribution in [2.24, 2.45) is 0 Å². The molecule has 2 amide bonds. The van der Waals surface area contributed by atoms with Crippen molar-refractivity contribution in [2.45, 2.75) is 220 Å². The van der Waals surface area contributed by atoms with Gasteiger partial charge in [-0.1, -0.05) is 247 Å². The number of β-amino-alcohol motifs (C(OH)–C–C–N with tert-alkyl or cyclic N) is 3. The molecule has 0 bridgehead atoms. The van der Waals surface area contributed by atoms with Crippen molar-refractivity contribution in [2.75, 3.05) is 89.2 Å². The van der Waals surface area contributed by atoms with Crippen LogP contribution < -0.4 is 52.6 Å². The second-order valence-electron chi connectivity index (χ2n) is 33.0. The smallest absolute Gasteiger partial charge is 0.870 e. The molecule has 0 aliphatic carbocycles. The van der Waals surface area contributed by atoms with Gasteiger partial charge in [0, 0.05) is 44.9 Å². The van der Waals surface area contributed by atoms with Crippen LogP contribution in [0.1, 0.15) is 217 Å². The van der Waals surface area contributed by atoms with E-state index in [1.807, 2.05) is 192 Å². The van der Waals surface area contributed by atoms with Gasteiger partial charge in [0.2, 0.25) is 11.8 Å². The number of nitrogens with one attached hydrogen (secondary N) is 1. The number of amides is 2. The van der Waals surface area contributed by atoms with Crippen LogP contribution in [-0.4, -0.2) is 180 Å². The summed E-state index contributed by atoms with van der Waals surface area (Å²) in [5.74, 6) is 4.63. The monoisotopic (exact) mass is 1740 g/mol. The second kappa shape index (κ2) is 55.2. The quantitative estimate of drug-likeness (QED) is 0.00907. The summed E-state index contributed by atoms with van der Waals surface area (Å²) in [5, 5.41) is 34.4. The van der Waals surface area contributed by atoms with E-state index in [9.17, 15) is 34.5 Å². The number of piperidine rings is 3. The molecule has 684 valence electrons. The Morgan fingerprint density at radius 1 is 0.336 bits per heavy atom. The Kier molecular flexibility index (Phi) is 44.7. The molecule has 6 atom stereocenters. The Balaban J connectivity index is 0.000000240. The summed E-state index contributed by atoms with van der Waals surface area (Å²) in [6, 6.07) is 78.4. The number of carbonyl (C=O) groups is 3. The number of likely N-dealkylation sites (tertiary alicyclic amines) is 2. The third kappa shape index (κ3) is 29.3.